The standard InChI is InChI=1S/C33H32N4O6S2/c1-3-43-31(38)23-19-29-28(21-27(44-29)22-34-45(40,41)37-32(39)42-2)35-30(20-23)36-33(24-13-7-4-8-14-24,25-15-9-5-10-16-25)26-17-11-6-12-18-26/h4-19,21,34H,3,20,22H2,1-2H3,(H,35,36)(H,37,39). The smallest absolute Gasteiger partial charge is 0.421 e. The first-order chi connectivity index (χ1) is 21.7. The lowest BCUT2D eigenvalue weighted by Gasteiger charge is -2.33. The Bertz CT molecular complexity index is 1730. The zero-order chi connectivity index (χ0) is 31.9. The van der Waals surface area contributed by atoms with Gasteiger partial charge in [-0.2, -0.15) is 13.1 Å². The molecule has 3 N–H and O–H groups in total. The number of benzene rings is 3. The van der Waals surface area contributed by atoms with Crippen molar-refractivity contribution >= 4 is 51.2 Å². The summed E-state index contributed by atoms with van der Waals surface area (Å²) in [4.78, 5) is 31.4. The summed E-state index contributed by atoms with van der Waals surface area (Å²) in [6.45, 7) is 1.84. The minimum absolute atomic E-state index is 0.108. The van der Waals surface area contributed by atoms with E-state index in [4.69, 9.17) is 9.73 Å². The minimum atomic E-state index is -4.16. The van der Waals surface area contributed by atoms with Crippen LogP contribution in [0.1, 0.15) is 39.8 Å². The summed E-state index contributed by atoms with van der Waals surface area (Å²) in [5.74, 6) is 0.0458. The zero-order valence-electron chi connectivity index (χ0n) is 24.6. The Hall–Kier alpha value is -4.78. The molecule has 0 unspecified atom stereocenters. The van der Waals surface area contributed by atoms with Crippen LogP contribution in [0.5, 0.6) is 0 Å². The molecule has 10 nitrogen and oxygen atoms in total. The molecule has 0 bridgehead atoms. The molecular formula is C33H32N4O6S2. The lowest BCUT2D eigenvalue weighted by atomic mass is 9.77. The van der Waals surface area contributed by atoms with Gasteiger partial charge in [-0.25, -0.2) is 14.3 Å². The number of carbonyl (C=O) groups excluding carboxylic acids is 2. The highest BCUT2D eigenvalue weighted by Crippen LogP contribution is 2.42. The molecule has 1 amide bonds. The van der Waals surface area contributed by atoms with Crippen molar-refractivity contribution in [1.29, 1.82) is 0 Å². The highest BCUT2D eigenvalue weighted by atomic mass is 32.2. The maximum atomic E-state index is 13.2. The Labute approximate surface area is 266 Å². The van der Waals surface area contributed by atoms with E-state index in [1.54, 1.807) is 23.8 Å². The predicted molar refractivity (Wildman–Crippen MR) is 175 cm³/mol. The Morgan fingerprint density at radius 1 is 0.933 bits per heavy atom. The lowest BCUT2D eigenvalue weighted by Crippen LogP contribution is -2.39. The van der Waals surface area contributed by atoms with Gasteiger partial charge in [0.15, 0.2) is 0 Å². The van der Waals surface area contributed by atoms with Crippen molar-refractivity contribution in [2.75, 3.05) is 19.0 Å². The maximum absolute atomic E-state index is 13.2. The summed E-state index contributed by atoms with van der Waals surface area (Å²) in [5, 5.41) is 3.44. The Morgan fingerprint density at radius 2 is 1.49 bits per heavy atom. The highest BCUT2D eigenvalue weighted by molar-refractivity contribution is 7.88. The third-order valence-corrected chi connectivity index (χ3v) is 9.05. The number of fused-ring (bicyclic) bond motifs is 1. The number of methoxy groups -OCH3 is 1. The molecule has 3 aromatic carbocycles. The molecule has 0 saturated carbocycles. The first kappa shape index (κ1) is 31.6. The molecular weight excluding hydrogens is 613 g/mol. The van der Waals surface area contributed by atoms with E-state index in [1.807, 2.05) is 91.0 Å². The summed E-state index contributed by atoms with van der Waals surface area (Å²) in [6.07, 6.45) is 0.806. The van der Waals surface area contributed by atoms with Crippen LogP contribution in [0.15, 0.2) is 108 Å². The van der Waals surface area contributed by atoms with Crippen LogP contribution in [0.2, 0.25) is 0 Å². The number of nitrogens with zero attached hydrogens (tertiary/aromatic N) is 1. The van der Waals surface area contributed by atoms with E-state index in [2.05, 4.69) is 14.8 Å². The monoisotopic (exact) mass is 644 g/mol. The normalized spacial score (nSPS) is 14.0. The van der Waals surface area contributed by atoms with Crippen LogP contribution in [0.25, 0.3) is 6.08 Å². The highest BCUT2D eigenvalue weighted by Gasteiger charge is 2.37. The number of amides is 1. The molecule has 1 aromatic heterocycles. The average Bonchev–Trinajstić information content (AvgIpc) is 3.35. The fourth-order valence-corrected chi connectivity index (χ4v) is 6.89. The second kappa shape index (κ2) is 13.9. The Morgan fingerprint density at radius 3 is 2.00 bits per heavy atom. The molecule has 232 valence electrons. The summed E-state index contributed by atoms with van der Waals surface area (Å²) < 4.78 is 38.4. The zero-order valence-corrected chi connectivity index (χ0v) is 26.3. The van der Waals surface area contributed by atoms with Gasteiger partial charge < -0.3 is 14.8 Å². The lowest BCUT2D eigenvalue weighted by molar-refractivity contribution is -0.138. The first-order valence-electron chi connectivity index (χ1n) is 14.1. The fraction of sp³-hybridized carbons (Fsp3) is 0.182. The summed E-state index contributed by atoms with van der Waals surface area (Å²) in [7, 11) is -3.09. The number of thiophene rings is 1. The van der Waals surface area contributed by atoms with Gasteiger partial charge in [0.1, 0.15) is 11.4 Å². The van der Waals surface area contributed by atoms with Gasteiger partial charge in [0, 0.05) is 23.4 Å². The van der Waals surface area contributed by atoms with Crippen molar-refractivity contribution in [3.63, 3.8) is 0 Å². The summed E-state index contributed by atoms with van der Waals surface area (Å²) >= 11 is 1.29. The number of hydrogen-bond donors (Lipinski definition) is 3. The van der Waals surface area contributed by atoms with Gasteiger partial charge in [0.25, 0.3) is 0 Å². The van der Waals surface area contributed by atoms with Crippen molar-refractivity contribution in [3.05, 3.63) is 129 Å². The SMILES string of the molecule is CCOC(=O)C1=Cc2sc(CNS(=O)(=O)NC(=O)OC)cc2NC(=NC(c2ccccc2)(c2ccccc2)c2ccccc2)C1. The van der Waals surface area contributed by atoms with Gasteiger partial charge in [-0.1, -0.05) is 91.0 Å². The van der Waals surface area contributed by atoms with Crippen LogP contribution in [0.3, 0.4) is 0 Å². The van der Waals surface area contributed by atoms with E-state index < -0.39 is 27.8 Å². The topological polar surface area (TPSA) is 135 Å². The van der Waals surface area contributed by atoms with Crippen molar-refractivity contribution < 1.29 is 27.5 Å². The number of ether oxygens (including phenoxy) is 2. The van der Waals surface area contributed by atoms with Crippen molar-refractivity contribution in [3.8, 4) is 0 Å². The van der Waals surface area contributed by atoms with Crippen molar-refractivity contribution in [2.24, 2.45) is 4.99 Å². The molecule has 0 aliphatic carbocycles. The van der Waals surface area contributed by atoms with Crippen LogP contribution in [-0.4, -0.2) is 40.0 Å². The number of carbonyl (C=O) groups is 2. The second-order valence-corrected chi connectivity index (χ2v) is 12.6. The van der Waals surface area contributed by atoms with Gasteiger partial charge in [0.05, 0.1) is 24.3 Å². The third-order valence-electron chi connectivity index (χ3n) is 7.01. The molecule has 0 saturated heterocycles. The average molecular weight is 645 g/mol. The van der Waals surface area contributed by atoms with Gasteiger partial charge in [-0.05, 0) is 35.8 Å². The molecule has 5 rings (SSSR count). The molecule has 0 radical (unpaired) electrons. The largest absolute Gasteiger partial charge is 0.463 e. The number of nitrogens with one attached hydrogen (secondary N) is 3. The third kappa shape index (κ3) is 7.31. The molecule has 0 spiro atoms. The van der Waals surface area contributed by atoms with Crippen LogP contribution in [0.4, 0.5) is 10.5 Å². The van der Waals surface area contributed by atoms with E-state index in [-0.39, 0.29) is 19.6 Å². The van der Waals surface area contributed by atoms with E-state index in [0.717, 1.165) is 23.8 Å². The Balaban J connectivity index is 1.63. The van der Waals surface area contributed by atoms with Crippen LogP contribution in [-0.2, 0) is 36.6 Å². The molecule has 2 heterocycles. The van der Waals surface area contributed by atoms with E-state index in [1.165, 1.54) is 11.3 Å². The van der Waals surface area contributed by atoms with Crippen LogP contribution in [0, 0.1) is 0 Å². The Kier molecular flexibility index (Phi) is 9.77. The van der Waals surface area contributed by atoms with Crippen molar-refractivity contribution in [2.45, 2.75) is 25.4 Å². The van der Waals surface area contributed by atoms with E-state index in [9.17, 15) is 18.0 Å². The number of hydrogen-bond acceptors (Lipinski definition) is 8. The van der Waals surface area contributed by atoms with Gasteiger partial charge in [-0.3, -0.25) is 4.99 Å². The first-order valence-corrected chi connectivity index (χ1v) is 16.4. The number of amidine groups is 1. The molecule has 0 fully saturated rings. The summed E-state index contributed by atoms with van der Waals surface area (Å²) in [6, 6.07) is 31.7. The quantitative estimate of drug-likeness (QED) is 0.151. The van der Waals surface area contributed by atoms with Gasteiger partial charge in [0.2, 0.25) is 0 Å². The molecule has 45 heavy (non-hydrogen) atoms. The molecule has 12 heteroatoms. The number of rotatable bonds is 10. The van der Waals surface area contributed by atoms with E-state index in [0.29, 0.717) is 26.9 Å². The minimum Gasteiger partial charge on any atom is -0.463 e. The van der Waals surface area contributed by atoms with Crippen LogP contribution >= 0.6 is 11.3 Å². The molecule has 4 aromatic rings. The fourth-order valence-electron chi connectivity index (χ4n) is 5.05. The van der Waals surface area contributed by atoms with Crippen LogP contribution < -0.4 is 14.8 Å². The molecule has 1 aliphatic heterocycles. The van der Waals surface area contributed by atoms with E-state index >= 15 is 0 Å². The molecule has 1 aliphatic rings. The number of anilines is 1. The number of esters is 1. The van der Waals surface area contributed by atoms with Gasteiger partial charge in [-0.15, -0.1) is 11.3 Å². The second-order valence-electron chi connectivity index (χ2n) is 9.97. The van der Waals surface area contributed by atoms with Gasteiger partial charge >= 0.3 is 22.3 Å². The summed E-state index contributed by atoms with van der Waals surface area (Å²) in [5.41, 5.74) is 2.86. The molecule has 0 atom stereocenters. The number of aliphatic imine (C=N–C) groups is 1. The predicted octanol–water partition coefficient (Wildman–Crippen LogP) is 5.59. The maximum Gasteiger partial charge on any atom is 0.421 e. The van der Waals surface area contributed by atoms with Crippen molar-refractivity contribution in [1.82, 2.24) is 9.44 Å².